The van der Waals surface area contributed by atoms with E-state index in [1.165, 1.54) is 17.4 Å². The molecule has 0 spiro atoms. The largest absolute Gasteiger partial charge is 0.299 e. The van der Waals surface area contributed by atoms with Gasteiger partial charge in [0.15, 0.2) is 0 Å². The van der Waals surface area contributed by atoms with E-state index < -0.39 is 0 Å². The minimum atomic E-state index is -0.270. The van der Waals surface area contributed by atoms with Crippen molar-refractivity contribution in [2.45, 2.75) is 40.5 Å². The van der Waals surface area contributed by atoms with Gasteiger partial charge in [-0.15, -0.1) is 11.3 Å². The van der Waals surface area contributed by atoms with E-state index in [4.69, 9.17) is 0 Å². The van der Waals surface area contributed by atoms with Crippen LogP contribution in [0.25, 0.3) is 11.3 Å². The van der Waals surface area contributed by atoms with Gasteiger partial charge in [0.2, 0.25) is 0 Å². The maximum atomic E-state index is 13.9. The van der Waals surface area contributed by atoms with E-state index in [0.717, 1.165) is 10.6 Å². The molecular formula is C17H20FNOS. The van der Waals surface area contributed by atoms with E-state index in [9.17, 15) is 9.18 Å². The maximum Gasteiger partial charge on any atom is 0.140 e. The molecule has 0 atom stereocenters. The standard InChI is InChI=1S/C17H20FNOS/c1-11-5-6-13(14(18)7-11)15-10-21-16(19-15)8-12(20)9-17(2,3)4/h5-7,10H,8-9H2,1-4H3. The van der Waals surface area contributed by atoms with E-state index in [1.54, 1.807) is 6.07 Å². The van der Waals surface area contributed by atoms with E-state index in [2.05, 4.69) is 4.98 Å². The van der Waals surface area contributed by atoms with Gasteiger partial charge in [-0.1, -0.05) is 26.8 Å². The second-order valence-corrected chi connectivity index (χ2v) is 7.51. The number of rotatable bonds is 4. The number of nitrogens with zero attached hydrogens (tertiary/aromatic N) is 1. The number of carbonyl (C=O) groups excluding carboxylic acids is 1. The van der Waals surface area contributed by atoms with Crippen LogP contribution in [0.15, 0.2) is 23.6 Å². The highest BCUT2D eigenvalue weighted by Crippen LogP contribution is 2.26. The van der Waals surface area contributed by atoms with E-state index >= 15 is 0 Å². The van der Waals surface area contributed by atoms with Gasteiger partial charge in [-0.2, -0.15) is 0 Å². The molecule has 0 unspecified atom stereocenters. The fraction of sp³-hybridized carbons (Fsp3) is 0.412. The fourth-order valence-electron chi connectivity index (χ4n) is 2.17. The molecule has 1 aromatic carbocycles. The SMILES string of the molecule is Cc1ccc(-c2csc(CC(=O)CC(C)(C)C)n2)c(F)c1. The van der Waals surface area contributed by atoms with Crippen LogP contribution in [0.1, 0.15) is 37.8 Å². The molecule has 0 bridgehead atoms. The number of ketones is 1. The Morgan fingerprint density at radius 1 is 1.33 bits per heavy atom. The average molecular weight is 305 g/mol. The molecule has 0 saturated heterocycles. The fourth-order valence-corrected chi connectivity index (χ4v) is 2.99. The molecule has 21 heavy (non-hydrogen) atoms. The lowest BCUT2D eigenvalue weighted by molar-refractivity contribution is -0.120. The van der Waals surface area contributed by atoms with Crippen LogP contribution in [0.4, 0.5) is 4.39 Å². The third-order valence-electron chi connectivity index (χ3n) is 3.03. The predicted molar refractivity (Wildman–Crippen MR) is 85.0 cm³/mol. The minimum Gasteiger partial charge on any atom is -0.299 e. The summed E-state index contributed by atoms with van der Waals surface area (Å²) in [4.78, 5) is 16.4. The molecule has 0 aliphatic rings. The lowest BCUT2D eigenvalue weighted by Crippen LogP contribution is -2.14. The number of aryl methyl sites for hydroxylation is 1. The molecule has 1 aromatic heterocycles. The lowest BCUT2D eigenvalue weighted by Gasteiger charge is -2.15. The molecule has 0 radical (unpaired) electrons. The number of thiazole rings is 1. The first-order valence-corrected chi connectivity index (χ1v) is 7.85. The molecule has 0 fully saturated rings. The van der Waals surface area contributed by atoms with Crippen molar-refractivity contribution in [2.75, 3.05) is 0 Å². The Morgan fingerprint density at radius 2 is 2.05 bits per heavy atom. The molecular weight excluding hydrogens is 285 g/mol. The summed E-state index contributed by atoms with van der Waals surface area (Å²) in [6.45, 7) is 7.98. The van der Waals surface area contributed by atoms with Crippen molar-refractivity contribution in [2.24, 2.45) is 5.41 Å². The highest BCUT2D eigenvalue weighted by Gasteiger charge is 2.18. The van der Waals surface area contributed by atoms with E-state index in [0.29, 0.717) is 24.1 Å². The Hall–Kier alpha value is -1.55. The first kappa shape index (κ1) is 15.8. The molecule has 0 saturated carbocycles. The number of Topliss-reactive ketones (excluding diaryl/α,β-unsaturated/α-hetero) is 1. The van der Waals surface area contributed by atoms with Gasteiger partial charge in [0.05, 0.1) is 12.1 Å². The number of benzene rings is 1. The van der Waals surface area contributed by atoms with Crippen LogP contribution < -0.4 is 0 Å². The van der Waals surface area contributed by atoms with Crippen molar-refractivity contribution in [3.8, 4) is 11.3 Å². The number of carbonyl (C=O) groups is 1. The number of halogens is 1. The van der Waals surface area contributed by atoms with Gasteiger partial charge >= 0.3 is 0 Å². The van der Waals surface area contributed by atoms with Crippen molar-refractivity contribution < 1.29 is 9.18 Å². The van der Waals surface area contributed by atoms with E-state index in [-0.39, 0.29) is 17.0 Å². The van der Waals surface area contributed by atoms with Crippen LogP contribution in [-0.4, -0.2) is 10.8 Å². The van der Waals surface area contributed by atoms with Gasteiger partial charge in [-0.05, 0) is 30.0 Å². The van der Waals surface area contributed by atoms with Crippen molar-refractivity contribution in [1.29, 1.82) is 0 Å². The molecule has 112 valence electrons. The number of hydrogen-bond acceptors (Lipinski definition) is 3. The van der Waals surface area contributed by atoms with Gasteiger partial charge in [-0.25, -0.2) is 9.37 Å². The monoisotopic (exact) mass is 305 g/mol. The van der Waals surface area contributed by atoms with Gasteiger partial charge < -0.3 is 0 Å². The molecule has 2 rings (SSSR count). The zero-order chi connectivity index (χ0) is 15.6. The van der Waals surface area contributed by atoms with Crippen LogP contribution in [-0.2, 0) is 11.2 Å². The zero-order valence-corrected chi connectivity index (χ0v) is 13.7. The molecule has 4 heteroatoms. The normalized spacial score (nSPS) is 11.7. The topological polar surface area (TPSA) is 30.0 Å². The lowest BCUT2D eigenvalue weighted by atomic mass is 9.89. The predicted octanol–water partition coefficient (Wildman–Crippen LogP) is 4.81. The smallest absolute Gasteiger partial charge is 0.140 e. The maximum absolute atomic E-state index is 13.9. The Balaban J connectivity index is 2.13. The Bertz CT molecular complexity index is 655. The van der Waals surface area contributed by atoms with Crippen molar-refractivity contribution in [3.05, 3.63) is 40.0 Å². The third kappa shape index (κ3) is 4.46. The summed E-state index contributed by atoms with van der Waals surface area (Å²) in [6, 6.07) is 5.10. The molecule has 0 amide bonds. The molecule has 1 heterocycles. The quantitative estimate of drug-likeness (QED) is 0.811. The number of hydrogen-bond donors (Lipinski definition) is 0. The van der Waals surface area contributed by atoms with Gasteiger partial charge in [-0.3, -0.25) is 4.79 Å². The first-order valence-electron chi connectivity index (χ1n) is 6.97. The van der Waals surface area contributed by atoms with Gasteiger partial charge in [0.25, 0.3) is 0 Å². The summed E-state index contributed by atoms with van der Waals surface area (Å²) in [7, 11) is 0. The second-order valence-electron chi connectivity index (χ2n) is 6.56. The van der Waals surface area contributed by atoms with Crippen molar-refractivity contribution in [1.82, 2.24) is 4.98 Å². The molecule has 2 nitrogen and oxygen atoms in total. The van der Waals surface area contributed by atoms with Crippen molar-refractivity contribution in [3.63, 3.8) is 0 Å². The summed E-state index contributed by atoms with van der Waals surface area (Å²) in [6.07, 6.45) is 0.857. The van der Waals surface area contributed by atoms with Gasteiger partial charge in [0, 0.05) is 17.4 Å². The molecule has 2 aromatic rings. The van der Waals surface area contributed by atoms with Crippen LogP contribution in [0.2, 0.25) is 0 Å². The Labute approximate surface area is 129 Å². The Morgan fingerprint density at radius 3 is 2.67 bits per heavy atom. The highest BCUT2D eigenvalue weighted by atomic mass is 32.1. The van der Waals surface area contributed by atoms with Crippen LogP contribution in [0.3, 0.4) is 0 Å². The summed E-state index contributed by atoms with van der Waals surface area (Å²) in [5.74, 6) is -0.0966. The highest BCUT2D eigenvalue weighted by molar-refractivity contribution is 7.10. The summed E-state index contributed by atoms with van der Waals surface area (Å²) in [5.41, 5.74) is 1.97. The summed E-state index contributed by atoms with van der Waals surface area (Å²) in [5, 5.41) is 2.56. The average Bonchev–Trinajstić information content (AvgIpc) is 2.74. The Kier molecular flexibility index (Phi) is 4.57. The molecule has 0 aliphatic heterocycles. The van der Waals surface area contributed by atoms with Crippen LogP contribution in [0.5, 0.6) is 0 Å². The second kappa shape index (κ2) is 6.06. The molecule has 0 N–H and O–H groups in total. The van der Waals surface area contributed by atoms with Gasteiger partial charge in [0.1, 0.15) is 16.6 Å². The minimum absolute atomic E-state index is 0.0137. The summed E-state index contributed by atoms with van der Waals surface area (Å²) < 4.78 is 13.9. The van der Waals surface area contributed by atoms with Crippen LogP contribution >= 0.6 is 11.3 Å². The summed E-state index contributed by atoms with van der Waals surface area (Å²) >= 11 is 1.41. The van der Waals surface area contributed by atoms with Crippen molar-refractivity contribution >= 4 is 17.1 Å². The molecule has 0 aliphatic carbocycles. The third-order valence-corrected chi connectivity index (χ3v) is 3.88. The number of aromatic nitrogens is 1. The first-order chi connectivity index (χ1) is 9.74. The van der Waals surface area contributed by atoms with Crippen LogP contribution in [0, 0.1) is 18.2 Å². The zero-order valence-electron chi connectivity index (χ0n) is 12.9. The van der Waals surface area contributed by atoms with E-state index in [1.807, 2.05) is 39.1 Å².